The SMILES string of the molecule is CC(c1ccccc1)[N+]([O-])(NCCN(C(=O)C(Cl)Cl)c1cccc(-c2cc(-c3c(Cl)cccc3Cl)no2)c1)C(=O)OC(C)(C)C. The highest BCUT2D eigenvalue weighted by Crippen LogP contribution is 2.36. The van der Waals surface area contributed by atoms with E-state index in [9.17, 15) is 14.8 Å². The number of alkyl halides is 2. The van der Waals surface area contributed by atoms with Crippen LogP contribution < -0.4 is 10.3 Å². The largest absolute Gasteiger partial charge is 0.601 e. The average Bonchev–Trinajstić information content (AvgIpc) is 3.48. The summed E-state index contributed by atoms with van der Waals surface area (Å²) < 4.78 is 9.55. The molecule has 0 radical (unpaired) electrons. The Morgan fingerprint density at radius 3 is 2.27 bits per heavy atom. The van der Waals surface area contributed by atoms with E-state index < -0.39 is 33.2 Å². The molecule has 4 rings (SSSR count). The normalized spacial score (nSPS) is 13.7. The number of hydrogen-bond acceptors (Lipinski definition) is 7. The molecule has 2 unspecified atom stereocenters. The van der Waals surface area contributed by atoms with Crippen LogP contribution >= 0.6 is 46.4 Å². The quantitative estimate of drug-likeness (QED) is 0.100. The Bertz CT molecular complexity index is 1620. The molecule has 0 bridgehead atoms. The van der Waals surface area contributed by atoms with Gasteiger partial charge < -0.3 is 19.4 Å². The summed E-state index contributed by atoms with van der Waals surface area (Å²) in [5, 5.41) is 19.1. The van der Waals surface area contributed by atoms with Gasteiger partial charge in [0.05, 0.1) is 16.6 Å². The van der Waals surface area contributed by atoms with Gasteiger partial charge >= 0.3 is 6.09 Å². The predicted molar refractivity (Wildman–Crippen MR) is 178 cm³/mol. The highest BCUT2D eigenvalue weighted by atomic mass is 35.5. The fourth-order valence-electron chi connectivity index (χ4n) is 4.54. The third-order valence-electron chi connectivity index (χ3n) is 6.80. The summed E-state index contributed by atoms with van der Waals surface area (Å²) in [7, 11) is 0. The molecule has 2 amide bonds. The Hall–Kier alpha value is -3.15. The molecule has 238 valence electrons. The highest BCUT2D eigenvalue weighted by molar-refractivity contribution is 6.54. The van der Waals surface area contributed by atoms with Crippen molar-refractivity contribution in [1.82, 2.24) is 10.6 Å². The van der Waals surface area contributed by atoms with Gasteiger partial charge in [0, 0.05) is 35.0 Å². The average molecular weight is 694 g/mol. The molecule has 0 aliphatic rings. The van der Waals surface area contributed by atoms with E-state index >= 15 is 0 Å². The van der Waals surface area contributed by atoms with Crippen LogP contribution in [-0.4, -0.2) is 45.4 Å². The lowest BCUT2D eigenvalue weighted by atomic mass is 10.1. The predicted octanol–water partition coefficient (Wildman–Crippen LogP) is 8.97. The van der Waals surface area contributed by atoms with Crippen molar-refractivity contribution in [3.63, 3.8) is 0 Å². The zero-order valence-corrected chi connectivity index (χ0v) is 28.0. The smallest absolute Gasteiger partial charge is 0.537 e. The van der Waals surface area contributed by atoms with Crippen molar-refractivity contribution >= 4 is 64.1 Å². The zero-order chi connectivity index (χ0) is 32.9. The number of quaternary nitrogens is 1. The van der Waals surface area contributed by atoms with Crippen molar-refractivity contribution < 1.29 is 23.6 Å². The van der Waals surface area contributed by atoms with Gasteiger partial charge in [0.1, 0.15) is 17.3 Å². The second-order valence-electron chi connectivity index (χ2n) is 11.1. The molecule has 2 atom stereocenters. The molecule has 0 saturated heterocycles. The van der Waals surface area contributed by atoms with Gasteiger partial charge in [-0.25, -0.2) is 0 Å². The first-order valence-electron chi connectivity index (χ1n) is 14.0. The molecule has 1 N–H and O–H groups in total. The molecule has 9 nitrogen and oxygen atoms in total. The molecule has 0 saturated carbocycles. The summed E-state index contributed by atoms with van der Waals surface area (Å²) in [5.41, 5.74) is 4.43. The molecule has 4 aromatic rings. The molecular formula is C32H32Cl4N4O5. The number of nitrogens with one attached hydrogen (secondary N) is 1. The molecule has 0 spiro atoms. The van der Waals surface area contributed by atoms with E-state index in [2.05, 4.69) is 10.6 Å². The van der Waals surface area contributed by atoms with Gasteiger partial charge in [0.25, 0.3) is 5.91 Å². The summed E-state index contributed by atoms with van der Waals surface area (Å²) >= 11 is 24.7. The van der Waals surface area contributed by atoms with Crippen molar-refractivity contribution in [2.24, 2.45) is 0 Å². The van der Waals surface area contributed by atoms with Crippen LogP contribution in [-0.2, 0) is 9.53 Å². The van der Waals surface area contributed by atoms with Crippen molar-refractivity contribution in [2.45, 2.75) is 44.2 Å². The lowest BCUT2D eigenvalue weighted by Crippen LogP contribution is -2.61. The first kappa shape index (κ1) is 34.7. The van der Waals surface area contributed by atoms with Crippen LogP contribution in [0.2, 0.25) is 10.0 Å². The van der Waals surface area contributed by atoms with E-state index in [1.54, 1.807) is 100 Å². The molecule has 0 fully saturated rings. The molecule has 45 heavy (non-hydrogen) atoms. The topological polar surface area (TPSA) is 108 Å². The van der Waals surface area contributed by atoms with E-state index in [4.69, 9.17) is 55.7 Å². The molecular weight excluding hydrogens is 662 g/mol. The summed E-state index contributed by atoms with van der Waals surface area (Å²) in [4.78, 5) is 26.4. The van der Waals surface area contributed by atoms with Gasteiger partial charge in [-0.2, -0.15) is 15.0 Å². The van der Waals surface area contributed by atoms with Crippen molar-refractivity contribution in [3.8, 4) is 22.6 Å². The number of nitrogens with zero attached hydrogens (tertiary/aromatic N) is 3. The van der Waals surface area contributed by atoms with Crippen LogP contribution in [0.4, 0.5) is 10.5 Å². The van der Waals surface area contributed by atoms with E-state index in [1.165, 1.54) is 4.90 Å². The maximum atomic E-state index is 14.2. The minimum atomic E-state index is -1.53. The first-order valence-corrected chi connectivity index (χ1v) is 15.6. The second kappa shape index (κ2) is 14.5. The maximum absolute atomic E-state index is 14.2. The van der Waals surface area contributed by atoms with E-state index in [0.717, 1.165) is 0 Å². The van der Waals surface area contributed by atoms with Gasteiger partial charge in [-0.05, 0) is 52.0 Å². The number of rotatable bonds is 10. The lowest BCUT2D eigenvalue weighted by Gasteiger charge is -2.43. The molecule has 1 aromatic heterocycles. The maximum Gasteiger partial charge on any atom is 0.537 e. The van der Waals surface area contributed by atoms with Gasteiger partial charge in [-0.1, -0.05) is 100 Å². The Morgan fingerprint density at radius 1 is 1.00 bits per heavy atom. The Labute approximate surface area is 281 Å². The fraction of sp³-hybridized carbons (Fsp3) is 0.281. The fourth-order valence-corrected chi connectivity index (χ4v) is 5.37. The standard InChI is InChI=1S/C32H32Cl4N4O5/c1-20(21-10-6-5-7-11-21)40(43,31(42)44-32(2,3)4)37-16-17-39(30(41)29(35)36)23-13-8-12-22(18-23)27-19-26(38-45-27)28-24(33)14-9-15-25(28)34/h5-15,18-20,29,37H,16-17H2,1-4H3. The Kier molecular flexibility index (Phi) is 11.2. The minimum Gasteiger partial charge on any atom is -0.601 e. The summed E-state index contributed by atoms with van der Waals surface area (Å²) in [6.07, 6.45) is -1.02. The number of carbonyl (C=O) groups is 2. The van der Waals surface area contributed by atoms with Crippen molar-refractivity contribution in [1.29, 1.82) is 0 Å². The molecule has 0 aliphatic carbocycles. The van der Waals surface area contributed by atoms with E-state index in [-0.39, 0.29) is 13.1 Å². The highest BCUT2D eigenvalue weighted by Gasteiger charge is 2.40. The van der Waals surface area contributed by atoms with Gasteiger partial charge in [0.2, 0.25) is 0 Å². The number of hydrogen-bond donors (Lipinski definition) is 1. The van der Waals surface area contributed by atoms with Crippen LogP contribution in [0.5, 0.6) is 0 Å². The van der Waals surface area contributed by atoms with E-state index in [0.29, 0.717) is 43.9 Å². The number of aromatic nitrogens is 1. The van der Waals surface area contributed by atoms with Crippen molar-refractivity contribution in [3.05, 3.63) is 99.7 Å². The van der Waals surface area contributed by atoms with Crippen molar-refractivity contribution in [2.75, 3.05) is 18.0 Å². The summed E-state index contributed by atoms with van der Waals surface area (Å²) in [5.74, 6) is -0.241. The third kappa shape index (κ3) is 8.37. The number of hydroxylamine groups is 2. The van der Waals surface area contributed by atoms with Crippen LogP contribution in [0, 0.1) is 5.21 Å². The van der Waals surface area contributed by atoms with Gasteiger partial charge in [0.15, 0.2) is 10.6 Å². The number of halogens is 4. The number of ether oxygens (including phenoxy) is 1. The number of amides is 2. The van der Waals surface area contributed by atoms with Gasteiger partial charge in [-0.15, -0.1) is 0 Å². The summed E-state index contributed by atoms with van der Waals surface area (Å²) in [6, 6.07) is 21.7. The van der Waals surface area contributed by atoms with Crippen LogP contribution in [0.1, 0.15) is 39.3 Å². The first-order chi connectivity index (χ1) is 21.2. The molecule has 13 heteroatoms. The number of carbonyl (C=O) groups excluding carboxylic acids is 2. The Morgan fingerprint density at radius 2 is 1.64 bits per heavy atom. The van der Waals surface area contributed by atoms with Crippen LogP contribution in [0.15, 0.2) is 83.4 Å². The molecule has 1 heterocycles. The molecule has 3 aromatic carbocycles. The zero-order valence-electron chi connectivity index (χ0n) is 25.0. The number of benzene rings is 3. The van der Waals surface area contributed by atoms with Crippen LogP contribution in [0.3, 0.4) is 0 Å². The molecule has 0 aliphatic heterocycles. The second-order valence-corrected chi connectivity index (χ2v) is 13.1. The van der Waals surface area contributed by atoms with Gasteiger partial charge in [-0.3, -0.25) is 4.79 Å². The Balaban J connectivity index is 1.60. The third-order valence-corrected chi connectivity index (χ3v) is 7.80. The summed E-state index contributed by atoms with van der Waals surface area (Å²) in [6.45, 7) is 6.47. The number of anilines is 1. The minimum absolute atomic E-state index is 0.0678. The van der Waals surface area contributed by atoms with Crippen LogP contribution in [0.25, 0.3) is 22.6 Å². The van der Waals surface area contributed by atoms with E-state index in [1.807, 2.05) is 6.07 Å². The lowest BCUT2D eigenvalue weighted by molar-refractivity contribution is -0.883. The monoisotopic (exact) mass is 692 g/mol.